The average molecular weight is 371 g/mol. The summed E-state index contributed by atoms with van der Waals surface area (Å²) in [6, 6.07) is 7.83. The Balaban J connectivity index is 0.00000208. The number of hydrogen-bond acceptors (Lipinski definition) is 3. The lowest BCUT2D eigenvalue weighted by Gasteiger charge is -2.21. The Morgan fingerprint density at radius 3 is 2.71 bits per heavy atom. The molecule has 1 aliphatic heterocycles. The van der Waals surface area contributed by atoms with E-state index in [2.05, 4.69) is 10.6 Å². The van der Waals surface area contributed by atoms with Crippen LogP contribution in [0.1, 0.15) is 44.1 Å². The van der Waals surface area contributed by atoms with E-state index in [0.29, 0.717) is 11.0 Å². The topological polar surface area (TPSA) is 58.2 Å². The zero-order chi connectivity index (χ0) is 16.1. The minimum atomic E-state index is -0.803. The number of amides is 1. The summed E-state index contributed by atoms with van der Waals surface area (Å²) in [5.41, 5.74) is 1.87. The number of hydrogen-bond donors (Lipinski definition) is 2. The first-order valence-electron chi connectivity index (χ1n) is 8.70. The van der Waals surface area contributed by atoms with Gasteiger partial charge in [0.2, 0.25) is 5.91 Å². The summed E-state index contributed by atoms with van der Waals surface area (Å²) >= 11 is 0. The predicted octanol–water partition coefficient (Wildman–Crippen LogP) is 3.24. The molecule has 1 aromatic carbocycles. The molecular weight excluding hydrogens is 344 g/mol. The highest BCUT2D eigenvalue weighted by molar-refractivity contribution is 7.84. The molecule has 0 aromatic heterocycles. The van der Waals surface area contributed by atoms with Crippen molar-refractivity contribution in [1.29, 1.82) is 0 Å². The lowest BCUT2D eigenvalue weighted by Crippen LogP contribution is -2.24. The molecule has 2 atom stereocenters. The molecule has 0 spiro atoms. The smallest absolute Gasteiger partial charge is 0.228 e. The van der Waals surface area contributed by atoms with Crippen LogP contribution in [0.15, 0.2) is 24.3 Å². The van der Waals surface area contributed by atoms with Crippen LogP contribution in [0.2, 0.25) is 0 Å². The van der Waals surface area contributed by atoms with E-state index < -0.39 is 10.8 Å². The van der Waals surface area contributed by atoms with Crippen LogP contribution >= 0.6 is 12.4 Å². The van der Waals surface area contributed by atoms with Crippen LogP contribution in [0.25, 0.3) is 0 Å². The van der Waals surface area contributed by atoms with Gasteiger partial charge in [-0.15, -0.1) is 12.4 Å². The van der Waals surface area contributed by atoms with Gasteiger partial charge in [0.1, 0.15) is 0 Å². The molecule has 24 heavy (non-hydrogen) atoms. The Bertz CT molecular complexity index is 570. The molecule has 2 fully saturated rings. The van der Waals surface area contributed by atoms with Crippen LogP contribution in [0.4, 0.5) is 5.69 Å². The second-order valence-corrected chi connectivity index (χ2v) is 8.38. The van der Waals surface area contributed by atoms with Crippen molar-refractivity contribution in [2.75, 3.05) is 18.4 Å². The van der Waals surface area contributed by atoms with Gasteiger partial charge >= 0.3 is 0 Å². The largest absolute Gasteiger partial charge is 0.326 e. The maximum Gasteiger partial charge on any atom is 0.228 e. The van der Waals surface area contributed by atoms with Crippen molar-refractivity contribution in [2.45, 2.75) is 49.5 Å². The summed E-state index contributed by atoms with van der Waals surface area (Å²) in [7, 11) is -0.803. The van der Waals surface area contributed by atoms with Crippen molar-refractivity contribution in [2.24, 2.45) is 5.92 Å². The molecule has 134 valence electrons. The Labute approximate surface area is 153 Å². The number of nitrogens with one attached hydrogen (secondary N) is 2. The molecule has 1 saturated heterocycles. The van der Waals surface area contributed by atoms with Gasteiger partial charge in [-0.25, -0.2) is 0 Å². The quantitative estimate of drug-likeness (QED) is 0.836. The fourth-order valence-electron chi connectivity index (χ4n) is 3.47. The van der Waals surface area contributed by atoms with Crippen LogP contribution in [0, 0.1) is 5.92 Å². The van der Waals surface area contributed by atoms with Crippen molar-refractivity contribution in [3.8, 4) is 0 Å². The predicted molar refractivity (Wildman–Crippen MR) is 102 cm³/mol. The Morgan fingerprint density at radius 2 is 2.00 bits per heavy atom. The summed E-state index contributed by atoms with van der Waals surface area (Å²) in [4.78, 5) is 12.2. The summed E-state index contributed by atoms with van der Waals surface area (Å²) in [6.45, 7) is 1.68. The first kappa shape index (κ1) is 19.4. The van der Waals surface area contributed by atoms with Gasteiger partial charge in [0, 0.05) is 34.0 Å². The third-order valence-electron chi connectivity index (χ3n) is 4.86. The van der Waals surface area contributed by atoms with Gasteiger partial charge in [-0.05, 0) is 43.5 Å². The first-order valence-corrected chi connectivity index (χ1v) is 10.1. The summed E-state index contributed by atoms with van der Waals surface area (Å²) in [6.07, 6.45) is 6.79. The monoisotopic (exact) mass is 370 g/mol. The van der Waals surface area contributed by atoms with Crippen LogP contribution in [0.3, 0.4) is 0 Å². The number of anilines is 1. The highest BCUT2D eigenvalue weighted by atomic mass is 35.5. The maximum absolute atomic E-state index is 12.5. The molecule has 0 bridgehead atoms. The number of rotatable bonds is 5. The van der Waals surface area contributed by atoms with Crippen molar-refractivity contribution < 1.29 is 9.00 Å². The van der Waals surface area contributed by atoms with E-state index in [1.54, 1.807) is 0 Å². The molecule has 1 aliphatic carbocycles. The number of carbonyl (C=O) groups is 1. The lowest BCUT2D eigenvalue weighted by molar-refractivity contribution is -0.119. The molecule has 1 aromatic rings. The van der Waals surface area contributed by atoms with Gasteiger partial charge < -0.3 is 10.6 Å². The average Bonchev–Trinajstić information content (AvgIpc) is 3.10. The van der Waals surface area contributed by atoms with E-state index in [1.165, 1.54) is 19.3 Å². The fraction of sp³-hybridized carbons (Fsp3) is 0.611. The third kappa shape index (κ3) is 5.30. The van der Waals surface area contributed by atoms with Crippen LogP contribution in [-0.4, -0.2) is 28.5 Å². The first-order chi connectivity index (χ1) is 11.2. The van der Waals surface area contributed by atoms with E-state index >= 15 is 0 Å². The zero-order valence-corrected chi connectivity index (χ0v) is 15.6. The second kappa shape index (κ2) is 9.54. The van der Waals surface area contributed by atoms with Gasteiger partial charge in [0.05, 0.1) is 5.92 Å². The van der Waals surface area contributed by atoms with Crippen LogP contribution < -0.4 is 10.6 Å². The van der Waals surface area contributed by atoms with E-state index in [9.17, 15) is 9.00 Å². The van der Waals surface area contributed by atoms with E-state index in [-0.39, 0.29) is 24.2 Å². The van der Waals surface area contributed by atoms with E-state index in [4.69, 9.17) is 0 Å². The molecule has 0 radical (unpaired) electrons. The summed E-state index contributed by atoms with van der Waals surface area (Å²) in [5, 5.41) is 6.56. The van der Waals surface area contributed by atoms with Gasteiger partial charge in [-0.3, -0.25) is 9.00 Å². The number of carbonyl (C=O) groups excluding carboxylic acids is 1. The Kier molecular flexibility index (Phi) is 7.72. The van der Waals surface area contributed by atoms with Crippen LogP contribution in [0.5, 0.6) is 0 Å². The van der Waals surface area contributed by atoms with Crippen molar-refractivity contribution >= 4 is 34.8 Å². The minimum absolute atomic E-state index is 0. The van der Waals surface area contributed by atoms with Crippen molar-refractivity contribution in [3.05, 3.63) is 29.8 Å². The lowest BCUT2D eigenvalue weighted by atomic mass is 10.0. The van der Waals surface area contributed by atoms with Crippen molar-refractivity contribution in [1.82, 2.24) is 5.32 Å². The molecule has 6 heteroatoms. The second-order valence-electron chi connectivity index (χ2n) is 6.66. The molecular formula is C18H27ClN2O2S. The van der Waals surface area contributed by atoms with Gasteiger partial charge in [-0.1, -0.05) is 31.4 Å². The molecule has 3 rings (SSSR count). The van der Waals surface area contributed by atoms with Crippen molar-refractivity contribution in [3.63, 3.8) is 0 Å². The minimum Gasteiger partial charge on any atom is -0.326 e. The molecule has 4 nitrogen and oxygen atoms in total. The van der Waals surface area contributed by atoms with E-state index in [1.807, 2.05) is 24.3 Å². The molecule has 1 saturated carbocycles. The zero-order valence-electron chi connectivity index (χ0n) is 14.0. The maximum atomic E-state index is 12.5. The molecule has 2 unspecified atom stereocenters. The molecule has 2 aliphatic rings. The number of halogens is 1. The third-order valence-corrected chi connectivity index (χ3v) is 6.69. The SMILES string of the molecule is Cl.O=C(Nc1cccc(CS(=O)C2CCCCC2)c1)C1CCNC1. The van der Waals surface area contributed by atoms with Gasteiger partial charge in [0.15, 0.2) is 0 Å². The standard InChI is InChI=1S/C18H26N2O2S.ClH/c21-18(15-9-10-19-12-15)20-16-6-4-5-14(11-16)13-23(22)17-7-2-1-3-8-17;/h4-6,11,15,17,19H,1-3,7-10,12-13H2,(H,20,21);1H. The Hall–Kier alpha value is -0.910. The number of benzene rings is 1. The van der Waals surface area contributed by atoms with Gasteiger partial charge in [-0.2, -0.15) is 0 Å². The highest BCUT2D eigenvalue weighted by Crippen LogP contribution is 2.24. The summed E-state index contributed by atoms with van der Waals surface area (Å²) < 4.78 is 12.5. The molecule has 1 heterocycles. The summed E-state index contributed by atoms with van der Waals surface area (Å²) in [5.74, 6) is 0.745. The Morgan fingerprint density at radius 1 is 1.21 bits per heavy atom. The molecule has 1 amide bonds. The van der Waals surface area contributed by atoms with Gasteiger partial charge in [0.25, 0.3) is 0 Å². The van der Waals surface area contributed by atoms with E-state index in [0.717, 1.165) is 43.6 Å². The van der Waals surface area contributed by atoms with Crippen LogP contribution in [-0.2, 0) is 21.3 Å². The molecule has 2 N–H and O–H groups in total. The fourth-order valence-corrected chi connectivity index (χ4v) is 5.07. The normalized spacial score (nSPS) is 22.6. The highest BCUT2D eigenvalue weighted by Gasteiger charge is 2.23.